The lowest BCUT2D eigenvalue weighted by atomic mass is 9.96. The van der Waals surface area contributed by atoms with Gasteiger partial charge in [0.15, 0.2) is 0 Å². The van der Waals surface area contributed by atoms with Crippen molar-refractivity contribution >= 4 is 12.1 Å². The van der Waals surface area contributed by atoms with E-state index in [9.17, 15) is 14.9 Å². The number of hydrogen-bond acceptors (Lipinski definition) is 3. The van der Waals surface area contributed by atoms with E-state index in [2.05, 4.69) is 5.32 Å². The number of amides is 1. The molecule has 2 rings (SSSR count). The van der Waals surface area contributed by atoms with Crippen LogP contribution in [0.15, 0.2) is 48.5 Å². The molecule has 5 heteroatoms. The lowest BCUT2D eigenvalue weighted by Gasteiger charge is -2.09. The number of nitrogens with one attached hydrogen (secondary N) is 1. The molecule has 0 saturated heterocycles. The monoisotopic (exact) mass is 270 g/mol. The summed E-state index contributed by atoms with van der Waals surface area (Å²) in [5.41, 5.74) is 2.48. The van der Waals surface area contributed by atoms with Crippen LogP contribution in [-0.4, -0.2) is 17.9 Å². The highest BCUT2D eigenvalue weighted by molar-refractivity contribution is 5.76. The summed E-state index contributed by atoms with van der Waals surface area (Å²) in [6.45, 7) is 0.501. The van der Waals surface area contributed by atoms with Crippen molar-refractivity contribution in [2.45, 2.75) is 6.42 Å². The van der Waals surface area contributed by atoms with E-state index in [1.807, 2.05) is 24.3 Å². The van der Waals surface area contributed by atoms with Crippen molar-refractivity contribution in [3.63, 3.8) is 0 Å². The van der Waals surface area contributed by atoms with Crippen molar-refractivity contribution in [3.8, 4) is 11.1 Å². The van der Waals surface area contributed by atoms with E-state index in [1.54, 1.807) is 18.2 Å². The molecule has 0 bridgehead atoms. The normalized spacial score (nSPS) is 10.0. The number of benzene rings is 2. The smallest absolute Gasteiger partial charge is 0.277 e. The van der Waals surface area contributed by atoms with Gasteiger partial charge in [-0.2, -0.15) is 0 Å². The number of rotatable bonds is 6. The molecule has 102 valence electrons. The minimum Gasteiger partial charge on any atom is -0.358 e. The van der Waals surface area contributed by atoms with E-state index in [0.717, 1.165) is 11.1 Å². The zero-order valence-corrected chi connectivity index (χ0v) is 10.8. The van der Waals surface area contributed by atoms with Crippen LogP contribution >= 0.6 is 0 Å². The Hall–Kier alpha value is -2.69. The molecular weight excluding hydrogens is 256 g/mol. The average Bonchev–Trinajstić information content (AvgIpc) is 2.48. The lowest BCUT2D eigenvalue weighted by molar-refractivity contribution is -0.384. The molecule has 0 unspecified atom stereocenters. The minimum atomic E-state index is -0.379. The Morgan fingerprint density at radius 1 is 1.05 bits per heavy atom. The molecule has 0 radical (unpaired) electrons. The van der Waals surface area contributed by atoms with E-state index < -0.39 is 0 Å². The highest BCUT2D eigenvalue weighted by Gasteiger charge is 2.16. The van der Waals surface area contributed by atoms with Gasteiger partial charge in [-0.3, -0.25) is 14.9 Å². The first-order valence-electron chi connectivity index (χ1n) is 6.22. The summed E-state index contributed by atoms with van der Waals surface area (Å²) >= 11 is 0. The summed E-state index contributed by atoms with van der Waals surface area (Å²) in [4.78, 5) is 21.0. The van der Waals surface area contributed by atoms with Gasteiger partial charge in [0.2, 0.25) is 6.41 Å². The van der Waals surface area contributed by atoms with E-state index >= 15 is 0 Å². The molecule has 20 heavy (non-hydrogen) atoms. The summed E-state index contributed by atoms with van der Waals surface area (Å²) in [6, 6.07) is 14.2. The van der Waals surface area contributed by atoms with Crippen LogP contribution in [0.5, 0.6) is 0 Å². The highest BCUT2D eigenvalue weighted by Crippen LogP contribution is 2.31. The van der Waals surface area contributed by atoms with Gasteiger partial charge in [0.05, 0.1) is 10.5 Å². The summed E-state index contributed by atoms with van der Waals surface area (Å²) in [5.74, 6) is 0. The first-order chi connectivity index (χ1) is 9.74. The predicted octanol–water partition coefficient (Wildman–Crippen LogP) is 2.55. The van der Waals surface area contributed by atoms with Gasteiger partial charge in [0, 0.05) is 12.6 Å². The maximum absolute atomic E-state index is 11.1. The molecular formula is C15H14N2O3. The Bertz CT molecular complexity index is 626. The van der Waals surface area contributed by atoms with Crippen LogP contribution in [0.3, 0.4) is 0 Å². The van der Waals surface area contributed by atoms with Crippen molar-refractivity contribution in [2.75, 3.05) is 6.54 Å². The maximum Gasteiger partial charge on any atom is 0.277 e. The van der Waals surface area contributed by atoms with Crippen LogP contribution in [0.2, 0.25) is 0 Å². The zero-order valence-electron chi connectivity index (χ0n) is 10.8. The fourth-order valence-electron chi connectivity index (χ4n) is 2.13. The Morgan fingerprint density at radius 2 is 1.70 bits per heavy atom. The van der Waals surface area contributed by atoms with Crippen molar-refractivity contribution in [1.29, 1.82) is 0 Å². The molecule has 2 aromatic rings. The third kappa shape index (κ3) is 3.00. The van der Waals surface area contributed by atoms with Crippen LogP contribution < -0.4 is 5.32 Å². The fraction of sp³-hybridized carbons (Fsp3) is 0.133. The molecule has 0 aliphatic carbocycles. The first-order valence-corrected chi connectivity index (χ1v) is 6.22. The van der Waals surface area contributed by atoms with Crippen LogP contribution in [0.4, 0.5) is 5.69 Å². The van der Waals surface area contributed by atoms with E-state index in [4.69, 9.17) is 0 Å². The largest absolute Gasteiger partial charge is 0.358 e. The molecule has 1 amide bonds. The SMILES string of the molecule is O=CNCCc1ccccc1-c1ccccc1[N+](=O)[O-]. The number of nitro groups is 1. The van der Waals surface area contributed by atoms with Crippen molar-refractivity contribution in [2.24, 2.45) is 0 Å². The number of carbonyl (C=O) groups is 1. The average molecular weight is 270 g/mol. The molecule has 0 saturated carbocycles. The standard InChI is InChI=1S/C15H14N2O3/c18-11-16-10-9-12-5-1-2-6-13(12)14-7-3-4-8-15(14)17(19)20/h1-8,11H,9-10H2,(H,16,18). The van der Waals surface area contributed by atoms with Gasteiger partial charge in [-0.1, -0.05) is 36.4 Å². The molecule has 0 spiro atoms. The van der Waals surface area contributed by atoms with E-state index in [0.29, 0.717) is 24.9 Å². The van der Waals surface area contributed by atoms with Crippen LogP contribution in [0.1, 0.15) is 5.56 Å². The minimum absolute atomic E-state index is 0.0864. The molecule has 1 N–H and O–H groups in total. The number of hydrogen-bond donors (Lipinski definition) is 1. The Morgan fingerprint density at radius 3 is 2.40 bits per heavy atom. The third-order valence-corrected chi connectivity index (χ3v) is 3.03. The maximum atomic E-state index is 11.1. The van der Waals surface area contributed by atoms with Crippen molar-refractivity contribution in [3.05, 3.63) is 64.2 Å². The first kappa shape index (κ1) is 13.7. The molecule has 0 aliphatic heterocycles. The Balaban J connectivity index is 2.42. The predicted molar refractivity (Wildman–Crippen MR) is 76.3 cm³/mol. The van der Waals surface area contributed by atoms with Gasteiger partial charge >= 0.3 is 0 Å². The lowest BCUT2D eigenvalue weighted by Crippen LogP contribution is -2.14. The Kier molecular flexibility index (Phi) is 4.44. The van der Waals surface area contributed by atoms with Crippen LogP contribution in [0.25, 0.3) is 11.1 Å². The number of nitrogens with zero attached hydrogens (tertiary/aromatic N) is 1. The quantitative estimate of drug-likeness (QED) is 0.379. The van der Waals surface area contributed by atoms with Crippen LogP contribution in [-0.2, 0) is 11.2 Å². The van der Waals surface area contributed by atoms with Crippen molar-refractivity contribution < 1.29 is 9.72 Å². The fourth-order valence-corrected chi connectivity index (χ4v) is 2.13. The number of nitro benzene ring substituents is 1. The molecule has 0 fully saturated rings. The summed E-state index contributed by atoms with van der Waals surface area (Å²) in [5, 5.41) is 13.7. The number of para-hydroxylation sites is 1. The molecule has 0 aliphatic rings. The summed E-state index contributed by atoms with van der Waals surface area (Å²) in [6.07, 6.45) is 1.27. The van der Waals surface area contributed by atoms with E-state index in [1.165, 1.54) is 6.07 Å². The van der Waals surface area contributed by atoms with E-state index in [-0.39, 0.29) is 10.6 Å². The Labute approximate surface area is 116 Å². The molecule has 0 aromatic heterocycles. The molecule has 0 atom stereocenters. The highest BCUT2D eigenvalue weighted by atomic mass is 16.6. The van der Waals surface area contributed by atoms with Gasteiger partial charge in [0.1, 0.15) is 0 Å². The van der Waals surface area contributed by atoms with Gasteiger partial charge in [-0.25, -0.2) is 0 Å². The number of carbonyl (C=O) groups excluding carboxylic acids is 1. The summed E-state index contributed by atoms with van der Waals surface area (Å²) in [7, 11) is 0. The van der Waals surface area contributed by atoms with Gasteiger partial charge in [-0.05, 0) is 23.6 Å². The van der Waals surface area contributed by atoms with Gasteiger partial charge < -0.3 is 5.32 Å². The second-order valence-corrected chi connectivity index (χ2v) is 4.25. The zero-order chi connectivity index (χ0) is 14.4. The van der Waals surface area contributed by atoms with Gasteiger partial charge in [-0.15, -0.1) is 0 Å². The molecule has 0 heterocycles. The summed E-state index contributed by atoms with van der Waals surface area (Å²) < 4.78 is 0. The second-order valence-electron chi connectivity index (χ2n) is 4.25. The van der Waals surface area contributed by atoms with Crippen molar-refractivity contribution in [1.82, 2.24) is 5.32 Å². The third-order valence-electron chi connectivity index (χ3n) is 3.03. The van der Waals surface area contributed by atoms with Gasteiger partial charge in [0.25, 0.3) is 5.69 Å². The molecule has 2 aromatic carbocycles. The second kappa shape index (κ2) is 6.47. The van der Waals surface area contributed by atoms with Crippen LogP contribution in [0, 0.1) is 10.1 Å². The topological polar surface area (TPSA) is 72.2 Å². The molecule has 5 nitrogen and oxygen atoms in total.